The molecule has 2 heterocycles. The van der Waals surface area contributed by atoms with Crippen molar-refractivity contribution in [1.29, 1.82) is 0 Å². The third kappa shape index (κ3) is 4.62. The van der Waals surface area contributed by atoms with Crippen molar-refractivity contribution < 1.29 is 4.42 Å². The van der Waals surface area contributed by atoms with Crippen LogP contribution in [0.4, 0.5) is 0 Å². The van der Waals surface area contributed by atoms with Crippen LogP contribution < -0.4 is 10.6 Å². The van der Waals surface area contributed by atoms with E-state index in [1.807, 2.05) is 45.0 Å². The zero-order valence-electron chi connectivity index (χ0n) is 15.6. The average molecular weight is 354 g/mol. The van der Waals surface area contributed by atoms with Gasteiger partial charge in [-0.15, -0.1) is 0 Å². The van der Waals surface area contributed by atoms with E-state index in [0.717, 1.165) is 60.2 Å². The second-order valence-corrected chi connectivity index (χ2v) is 6.18. The van der Waals surface area contributed by atoms with Crippen LogP contribution in [-0.4, -0.2) is 34.0 Å². The predicted molar refractivity (Wildman–Crippen MR) is 103 cm³/mol. The zero-order chi connectivity index (χ0) is 18.4. The highest BCUT2D eigenvalue weighted by molar-refractivity contribution is 5.79. The molecular weight excluding hydrogens is 328 g/mol. The van der Waals surface area contributed by atoms with Crippen molar-refractivity contribution in [2.24, 2.45) is 4.99 Å². The fourth-order valence-corrected chi connectivity index (χ4v) is 2.68. The molecule has 0 saturated carbocycles. The maximum absolute atomic E-state index is 5.57. The molecular formula is C19H26N6O. The predicted octanol–water partition coefficient (Wildman–Crippen LogP) is 2.86. The number of para-hydroxylation sites is 2. The SMILES string of the molecule is CCNC(=NCc1nc(C)c(C)o1)NCCCc1nc2ccccc2[nH]1. The highest BCUT2D eigenvalue weighted by Gasteiger charge is 2.06. The van der Waals surface area contributed by atoms with Crippen LogP contribution in [-0.2, 0) is 13.0 Å². The first-order valence-corrected chi connectivity index (χ1v) is 9.04. The molecule has 0 atom stereocenters. The number of aliphatic imine (C=N–C) groups is 1. The van der Waals surface area contributed by atoms with E-state index in [2.05, 4.69) is 30.6 Å². The third-order valence-corrected chi connectivity index (χ3v) is 4.11. The number of H-pyrrole nitrogens is 1. The summed E-state index contributed by atoms with van der Waals surface area (Å²) < 4.78 is 5.57. The normalized spacial score (nSPS) is 11.9. The van der Waals surface area contributed by atoms with Crippen molar-refractivity contribution in [2.45, 2.75) is 40.2 Å². The average Bonchev–Trinajstić information content (AvgIpc) is 3.19. The summed E-state index contributed by atoms with van der Waals surface area (Å²) in [4.78, 5) is 16.8. The number of nitrogens with zero attached hydrogens (tertiary/aromatic N) is 3. The molecule has 0 saturated heterocycles. The molecule has 0 aliphatic carbocycles. The molecule has 0 bridgehead atoms. The Balaban J connectivity index is 1.49. The summed E-state index contributed by atoms with van der Waals surface area (Å²) in [5.74, 6) is 3.27. The molecule has 3 N–H and O–H groups in total. The number of guanidine groups is 1. The Hall–Kier alpha value is -2.83. The van der Waals surface area contributed by atoms with Gasteiger partial charge in [0.2, 0.25) is 5.89 Å². The molecule has 7 heteroatoms. The van der Waals surface area contributed by atoms with Crippen LogP contribution in [0, 0.1) is 13.8 Å². The van der Waals surface area contributed by atoms with Gasteiger partial charge >= 0.3 is 0 Å². The van der Waals surface area contributed by atoms with E-state index in [1.165, 1.54) is 0 Å². The Morgan fingerprint density at radius 2 is 2.04 bits per heavy atom. The van der Waals surface area contributed by atoms with Crippen LogP contribution in [0.5, 0.6) is 0 Å². The number of fused-ring (bicyclic) bond motifs is 1. The number of nitrogens with one attached hydrogen (secondary N) is 3. The summed E-state index contributed by atoms with van der Waals surface area (Å²) in [5, 5.41) is 6.58. The highest BCUT2D eigenvalue weighted by Crippen LogP contribution is 2.11. The summed E-state index contributed by atoms with van der Waals surface area (Å²) in [6.07, 6.45) is 1.85. The van der Waals surface area contributed by atoms with Gasteiger partial charge in [-0.3, -0.25) is 0 Å². The van der Waals surface area contributed by atoms with Crippen LogP contribution in [0.1, 0.15) is 36.5 Å². The first-order chi connectivity index (χ1) is 12.7. The minimum absolute atomic E-state index is 0.424. The Kier molecular flexibility index (Phi) is 5.88. The fraction of sp³-hybridized carbons (Fsp3) is 0.421. The number of aromatic amines is 1. The standard InChI is InChI=1S/C19H26N6O/c1-4-20-19(22-12-18-23-13(2)14(3)26-18)21-11-7-10-17-24-15-8-5-6-9-16(15)25-17/h5-6,8-9H,4,7,10-12H2,1-3H3,(H,24,25)(H2,20,21,22). The van der Waals surface area contributed by atoms with Crippen molar-refractivity contribution >= 4 is 17.0 Å². The number of hydrogen-bond acceptors (Lipinski definition) is 4. The Morgan fingerprint density at radius 1 is 1.19 bits per heavy atom. The number of rotatable bonds is 7. The number of benzene rings is 1. The molecule has 0 aliphatic rings. The number of aromatic nitrogens is 3. The van der Waals surface area contributed by atoms with Crippen molar-refractivity contribution in [3.8, 4) is 0 Å². The van der Waals surface area contributed by atoms with Gasteiger partial charge in [-0.25, -0.2) is 15.0 Å². The highest BCUT2D eigenvalue weighted by atomic mass is 16.4. The minimum atomic E-state index is 0.424. The van der Waals surface area contributed by atoms with Gasteiger partial charge in [0.15, 0.2) is 5.96 Å². The second kappa shape index (κ2) is 8.51. The lowest BCUT2D eigenvalue weighted by Crippen LogP contribution is -2.37. The van der Waals surface area contributed by atoms with E-state index in [1.54, 1.807) is 0 Å². The molecule has 0 amide bonds. The van der Waals surface area contributed by atoms with Crippen molar-refractivity contribution in [2.75, 3.05) is 13.1 Å². The summed E-state index contributed by atoms with van der Waals surface area (Å²) >= 11 is 0. The molecule has 0 unspecified atom stereocenters. The van der Waals surface area contributed by atoms with Gasteiger partial charge in [0.25, 0.3) is 0 Å². The number of hydrogen-bond donors (Lipinski definition) is 3. The van der Waals surface area contributed by atoms with Gasteiger partial charge in [0, 0.05) is 19.5 Å². The van der Waals surface area contributed by atoms with E-state index in [9.17, 15) is 0 Å². The van der Waals surface area contributed by atoms with Gasteiger partial charge in [-0.05, 0) is 39.3 Å². The Morgan fingerprint density at radius 3 is 2.77 bits per heavy atom. The molecule has 0 spiro atoms. The number of aryl methyl sites for hydroxylation is 3. The monoisotopic (exact) mass is 354 g/mol. The quantitative estimate of drug-likeness (QED) is 0.345. The van der Waals surface area contributed by atoms with E-state index in [0.29, 0.717) is 12.4 Å². The maximum Gasteiger partial charge on any atom is 0.216 e. The summed E-state index contributed by atoms with van der Waals surface area (Å²) in [6.45, 7) is 7.94. The molecule has 1 aromatic carbocycles. The second-order valence-electron chi connectivity index (χ2n) is 6.18. The van der Waals surface area contributed by atoms with Gasteiger partial charge in [-0.2, -0.15) is 0 Å². The van der Waals surface area contributed by atoms with Crippen LogP contribution in [0.25, 0.3) is 11.0 Å². The Labute approximate surface area is 153 Å². The number of oxazole rings is 1. The summed E-state index contributed by atoms with van der Waals surface area (Å²) in [7, 11) is 0. The number of imidazole rings is 1. The molecule has 0 aliphatic heterocycles. The lowest BCUT2D eigenvalue weighted by Gasteiger charge is -2.10. The van der Waals surface area contributed by atoms with E-state index < -0.39 is 0 Å². The summed E-state index contributed by atoms with van der Waals surface area (Å²) in [6, 6.07) is 8.09. The first kappa shape index (κ1) is 18.0. The van der Waals surface area contributed by atoms with Crippen molar-refractivity contribution in [1.82, 2.24) is 25.6 Å². The largest absolute Gasteiger partial charge is 0.444 e. The summed E-state index contributed by atoms with van der Waals surface area (Å²) in [5.41, 5.74) is 3.02. The van der Waals surface area contributed by atoms with Crippen LogP contribution in [0.15, 0.2) is 33.7 Å². The zero-order valence-corrected chi connectivity index (χ0v) is 15.6. The molecule has 7 nitrogen and oxygen atoms in total. The third-order valence-electron chi connectivity index (χ3n) is 4.11. The lowest BCUT2D eigenvalue weighted by molar-refractivity contribution is 0.472. The van der Waals surface area contributed by atoms with Gasteiger partial charge in [-0.1, -0.05) is 12.1 Å². The molecule has 0 fully saturated rings. The van der Waals surface area contributed by atoms with Gasteiger partial charge in [0.05, 0.1) is 16.7 Å². The maximum atomic E-state index is 5.57. The van der Waals surface area contributed by atoms with Crippen LogP contribution in [0.3, 0.4) is 0 Å². The smallest absolute Gasteiger partial charge is 0.216 e. The van der Waals surface area contributed by atoms with Crippen molar-refractivity contribution in [3.05, 3.63) is 47.4 Å². The molecule has 2 aromatic heterocycles. The minimum Gasteiger partial charge on any atom is -0.444 e. The molecule has 26 heavy (non-hydrogen) atoms. The van der Waals surface area contributed by atoms with Crippen LogP contribution in [0.2, 0.25) is 0 Å². The van der Waals surface area contributed by atoms with E-state index in [4.69, 9.17) is 4.42 Å². The topological polar surface area (TPSA) is 91.1 Å². The van der Waals surface area contributed by atoms with E-state index >= 15 is 0 Å². The fourth-order valence-electron chi connectivity index (χ4n) is 2.68. The van der Waals surface area contributed by atoms with Crippen molar-refractivity contribution in [3.63, 3.8) is 0 Å². The molecule has 138 valence electrons. The van der Waals surface area contributed by atoms with Crippen LogP contribution >= 0.6 is 0 Å². The molecule has 0 radical (unpaired) electrons. The molecule has 3 rings (SSSR count). The van der Waals surface area contributed by atoms with Gasteiger partial charge < -0.3 is 20.0 Å². The first-order valence-electron chi connectivity index (χ1n) is 9.04. The van der Waals surface area contributed by atoms with Gasteiger partial charge in [0.1, 0.15) is 18.1 Å². The molecule has 3 aromatic rings. The lowest BCUT2D eigenvalue weighted by atomic mass is 10.3. The van der Waals surface area contributed by atoms with E-state index in [-0.39, 0.29) is 0 Å². The Bertz CT molecular complexity index is 827.